The molecule has 2 aromatic heterocycles. The minimum Gasteiger partial charge on any atom is -0.460 e. The summed E-state index contributed by atoms with van der Waals surface area (Å²) in [7, 11) is 3.05. The van der Waals surface area contributed by atoms with Crippen molar-refractivity contribution in [1.29, 1.82) is 0 Å². The molecule has 0 fully saturated rings. The molecule has 0 N–H and O–H groups in total. The minimum atomic E-state index is -0.439. The van der Waals surface area contributed by atoms with Crippen LogP contribution in [0.3, 0.4) is 0 Å². The number of aromatic nitrogens is 4. The summed E-state index contributed by atoms with van der Waals surface area (Å²) in [6, 6.07) is 15.5. The lowest BCUT2D eigenvalue weighted by atomic mass is 10.1. The number of nitrogens with zero attached hydrogens (tertiary/aromatic N) is 4. The highest BCUT2D eigenvalue weighted by molar-refractivity contribution is 6.31. The monoisotopic (exact) mass is 424 g/mol. The Bertz CT molecular complexity index is 1370. The molecule has 2 aromatic carbocycles. The Morgan fingerprint density at radius 1 is 0.967 bits per heavy atom. The van der Waals surface area contributed by atoms with Crippen molar-refractivity contribution >= 4 is 22.8 Å². The average Bonchev–Trinajstić information content (AvgIpc) is 3.10. The molecule has 0 aliphatic carbocycles. The van der Waals surface area contributed by atoms with Crippen LogP contribution in [0.2, 0.25) is 5.02 Å². The largest absolute Gasteiger partial charge is 0.460 e. The quantitative estimate of drug-likeness (QED) is 0.493. The Balaban J connectivity index is 1.88. The maximum atomic E-state index is 13.0. The van der Waals surface area contributed by atoms with E-state index < -0.39 is 11.2 Å². The number of rotatable bonds is 5. The Hall–Kier alpha value is -3.32. The van der Waals surface area contributed by atoms with Crippen LogP contribution in [0.25, 0.3) is 11.2 Å². The van der Waals surface area contributed by atoms with Gasteiger partial charge in [-0.1, -0.05) is 54.1 Å². The summed E-state index contributed by atoms with van der Waals surface area (Å²) in [5.41, 5.74) is 2.65. The summed E-state index contributed by atoms with van der Waals surface area (Å²) < 4.78 is 10.1. The minimum absolute atomic E-state index is 0.186. The van der Waals surface area contributed by atoms with E-state index in [1.165, 1.54) is 11.6 Å². The van der Waals surface area contributed by atoms with Gasteiger partial charge in [0.25, 0.3) is 11.6 Å². The van der Waals surface area contributed by atoms with Gasteiger partial charge in [0.15, 0.2) is 11.2 Å². The van der Waals surface area contributed by atoms with Crippen LogP contribution in [-0.4, -0.2) is 18.7 Å². The van der Waals surface area contributed by atoms with E-state index in [4.69, 9.17) is 16.3 Å². The van der Waals surface area contributed by atoms with E-state index in [-0.39, 0.29) is 18.3 Å². The summed E-state index contributed by atoms with van der Waals surface area (Å²) in [6.07, 6.45) is 0. The molecule has 8 heteroatoms. The van der Waals surface area contributed by atoms with Gasteiger partial charge in [0.1, 0.15) is 6.61 Å². The molecule has 2 heterocycles. The molecule has 0 amide bonds. The van der Waals surface area contributed by atoms with Crippen molar-refractivity contribution in [3.05, 3.63) is 91.1 Å². The van der Waals surface area contributed by atoms with Crippen LogP contribution in [0.4, 0.5) is 0 Å². The van der Waals surface area contributed by atoms with E-state index in [2.05, 4.69) is 4.98 Å². The van der Waals surface area contributed by atoms with Crippen molar-refractivity contribution in [2.24, 2.45) is 14.1 Å². The van der Waals surface area contributed by atoms with E-state index in [9.17, 15) is 9.59 Å². The fourth-order valence-corrected chi connectivity index (χ4v) is 3.59. The highest BCUT2D eigenvalue weighted by atomic mass is 35.5. The number of imidazole rings is 1. The highest BCUT2D eigenvalue weighted by Crippen LogP contribution is 2.23. The van der Waals surface area contributed by atoms with Gasteiger partial charge in [-0.3, -0.25) is 18.5 Å². The molecule has 4 aromatic rings. The summed E-state index contributed by atoms with van der Waals surface area (Å²) in [5.74, 6) is 0. The zero-order valence-corrected chi connectivity index (χ0v) is 17.7. The van der Waals surface area contributed by atoms with Crippen molar-refractivity contribution in [3.8, 4) is 6.01 Å². The second-order valence-corrected chi connectivity index (χ2v) is 7.57. The van der Waals surface area contributed by atoms with Crippen LogP contribution >= 0.6 is 11.6 Å². The van der Waals surface area contributed by atoms with Crippen LogP contribution in [-0.2, 0) is 27.2 Å². The predicted molar refractivity (Wildman–Crippen MR) is 116 cm³/mol. The lowest BCUT2D eigenvalue weighted by Gasteiger charge is -2.12. The molecule has 4 rings (SSSR count). The lowest BCUT2D eigenvalue weighted by Crippen LogP contribution is -2.37. The number of benzene rings is 2. The summed E-state index contributed by atoms with van der Waals surface area (Å²) in [4.78, 5) is 29.8. The summed E-state index contributed by atoms with van der Waals surface area (Å²) in [5, 5.41) is 0.586. The first-order chi connectivity index (χ1) is 14.4. The smallest absolute Gasteiger partial charge is 0.332 e. The number of ether oxygens (including phenoxy) is 1. The topological polar surface area (TPSA) is 71.1 Å². The Morgan fingerprint density at radius 2 is 1.63 bits per heavy atom. The van der Waals surface area contributed by atoms with Crippen molar-refractivity contribution in [2.75, 3.05) is 0 Å². The van der Waals surface area contributed by atoms with Crippen LogP contribution in [0, 0.1) is 6.92 Å². The Labute approximate surface area is 177 Å². The molecule has 154 valence electrons. The third kappa shape index (κ3) is 3.41. The van der Waals surface area contributed by atoms with Crippen LogP contribution in [0.5, 0.6) is 6.01 Å². The SMILES string of the molecule is Cc1ccccc1Cn1c(OCc2ccccc2Cl)nc2c1c(=O)n(C)c(=O)n2C. The van der Waals surface area contributed by atoms with Gasteiger partial charge in [-0.15, -0.1) is 0 Å². The molecule has 0 aliphatic heterocycles. The van der Waals surface area contributed by atoms with Gasteiger partial charge >= 0.3 is 5.69 Å². The number of hydrogen-bond donors (Lipinski definition) is 0. The van der Waals surface area contributed by atoms with Crippen LogP contribution in [0.15, 0.2) is 58.1 Å². The van der Waals surface area contributed by atoms with E-state index in [0.29, 0.717) is 17.1 Å². The number of aryl methyl sites for hydroxylation is 2. The highest BCUT2D eigenvalue weighted by Gasteiger charge is 2.21. The first-order valence-corrected chi connectivity index (χ1v) is 9.83. The number of hydrogen-bond acceptors (Lipinski definition) is 4. The first kappa shape index (κ1) is 20.0. The molecular weight excluding hydrogens is 404 g/mol. The van der Waals surface area contributed by atoms with E-state index >= 15 is 0 Å². The molecule has 0 saturated carbocycles. The van der Waals surface area contributed by atoms with Gasteiger partial charge in [0.05, 0.1) is 6.54 Å². The molecule has 30 heavy (non-hydrogen) atoms. The molecule has 0 unspecified atom stereocenters. The van der Waals surface area contributed by atoms with Gasteiger partial charge in [-0.25, -0.2) is 4.79 Å². The zero-order chi connectivity index (χ0) is 21.4. The number of fused-ring (bicyclic) bond motifs is 1. The van der Waals surface area contributed by atoms with Crippen molar-refractivity contribution in [3.63, 3.8) is 0 Å². The maximum absolute atomic E-state index is 13.0. The number of halogens is 1. The Kier molecular flexibility index (Phi) is 5.22. The third-order valence-electron chi connectivity index (χ3n) is 5.22. The summed E-state index contributed by atoms with van der Waals surface area (Å²) >= 11 is 6.25. The van der Waals surface area contributed by atoms with Gasteiger partial charge in [0, 0.05) is 24.7 Å². The second-order valence-electron chi connectivity index (χ2n) is 7.17. The molecule has 0 bridgehead atoms. The van der Waals surface area contributed by atoms with Crippen molar-refractivity contribution in [1.82, 2.24) is 18.7 Å². The van der Waals surface area contributed by atoms with Gasteiger partial charge in [-0.2, -0.15) is 4.98 Å². The lowest BCUT2D eigenvalue weighted by molar-refractivity contribution is 0.270. The molecular formula is C22H21ClN4O3. The van der Waals surface area contributed by atoms with Crippen molar-refractivity contribution < 1.29 is 4.74 Å². The molecule has 0 radical (unpaired) electrons. The molecule has 0 atom stereocenters. The fourth-order valence-electron chi connectivity index (χ4n) is 3.40. The van der Waals surface area contributed by atoms with Crippen LogP contribution < -0.4 is 16.0 Å². The average molecular weight is 425 g/mol. The molecule has 0 aliphatic rings. The van der Waals surface area contributed by atoms with Gasteiger partial charge in [-0.05, 0) is 24.1 Å². The predicted octanol–water partition coefficient (Wildman–Crippen LogP) is 3.02. The van der Waals surface area contributed by atoms with E-state index in [0.717, 1.165) is 21.3 Å². The normalized spacial score (nSPS) is 11.2. The third-order valence-corrected chi connectivity index (χ3v) is 5.59. The van der Waals surface area contributed by atoms with Gasteiger partial charge < -0.3 is 4.74 Å². The maximum Gasteiger partial charge on any atom is 0.332 e. The van der Waals surface area contributed by atoms with E-state index in [1.54, 1.807) is 17.7 Å². The fraction of sp³-hybridized carbons (Fsp3) is 0.227. The van der Waals surface area contributed by atoms with Crippen molar-refractivity contribution in [2.45, 2.75) is 20.1 Å². The second kappa shape index (κ2) is 7.84. The summed E-state index contributed by atoms with van der Waals surface area (Å²) in [6.45, 7) is 2.58. The molecule has 0 saturated heterocycles. The molecule has 0 spiro atoms. The zero-order valence-electron chi connectivity index (χ0n) is 16.9. The first-order valence-electron chi connectivity index (χ1n) is 9.45. The standard InChI is InChI=1S/C22H21ClN4O3/c1-14-8-4-5-9-15(14)12-27-18-19(25(2)22(29)26(3)20(18)28)24-21(27)30-13-16-10-6-7-11-17(16)23/h4-11H,12-13H2,1-3H3. The van der Waals surface area contributed by atoms with Gasteiger partial charge in [0.2, 0.25) is 0 Å². The Morgan fingerprint density at radius 3 is 2.33 bits per heavy atom. The molecule has 7 nitrogen and oxygen atoms in total. The van der Waals surface area contributed by atoms with Crippen LogP contribution in [0.1, 0.15) is 16.7 Å². The van der Waals surface area contributed by atoms with E-state index in [1.807, 2.05) is 49.4 Å².